The molecule has 0 unspecified atom stereocenters. The van der Waals surface area contributed by atoms with Gasteiger partial charge in [0, 0.05) is 24.7 Å². The Morgan fingerprint density at radius 2 is 2.00 bits per heavy atom. The first-order valence-electron chi connectivity index (χ1n) is 8.13. The Morgan fingerprint density at radius 3 is 2.68 bits per heavy atom. The minimum atomic E-state index is 0.753. The number of hydrogen-bond acceptors (Lipinski definition) is 1. The molecule has 0 aliphatic rings. The molecule has 1 nitrogen and oxygen atoms in total. The second-order valence-corrected chi connectivity index (χ2v) is 5.32. The Morgan fingerprint density at radius 1 is 1.23 bits per heavy atom. The zero-order valence-corrected chi connectivity index (χ0v) is 14.1. The van der Waals surface area contributed by atoms with E-state index in [0.717, 1.165) is 24.1 Å². The van der Waals surface area contributed by atoms with Crippen LogP contribution in [0, 0.1) is 11.8 Å². The zero-order valence-electron chi connectivity index (χ0n) is 14.1. The number of allylic oxidation sites excluding steroid dienone is 4. The number of aliphatic imine (C=N–C) groups is 1. The van der Waals surface area contributed by atoms with E-state index in [1.165, 1.54) is 24.8 Å². The summed E-state index contributed by atoms with van der Waals surface area (Å²) in [5.74, 6) is 6.38. The van der Waals surface area contributed by atoms with Gasteiger partial charge in [-0.1, -0.05) is 55.5 Å². The third-order valence-electron chi connectivity index (χ3n) is 3.22. The molecule has 116 valence electrons. The van der Waals surface area contributed by atoms with Gasteiger partial charge in [-0.25, -0.2) is 0 Å². The lowest BCUT2D eigenvalue weighted by Gasteiger charge is -1.99. The first kappa shape index (κ1) is 18.0. The van der Waals surface area contributed by atoms with Gasteiger partial charge < -0.3 is 0 Å². The predicted molar refractivity (Wildman–Crippen MR) is 98.5 cm³/mol. The fourth-order valence-electron chi connectivity index (χ4n) is 1.92. The monoisotopic (exact) mass is 293 g/mol. The van der Waals surface area contributed by atoms with Gasteiger partial charge in [0.2, 0.25) is 0 Å². The van der Waals surface area contributed by atoms with Crippen molar-refractivity contribution in [2.24, 2.45) is 4.99 Å². The summed E-state index contributed by atoms with van der Waals surface area (Å²) in [7, 11) is 0. The van der Waals surface area contributed by atoms with E-state index < -0.39 is 0 Å². The third-order valence-corrected chi connectivity index (χ3v) is 3.22. The van der Waals surface area contributed by atoms with Crippen LogP contribution in [0.4, 0.5) is 0 Å². The van der Waals surface area contributed by atoms with Crippen LogP contribution in [0.3, 0.4) is 0 Å². The van der Waals surface area contributed by atoms with E-state index in [0.29, 0.717) is 0 Å². The Labute approximate surface area is 135 Å². The summed E-state index contributed by atoms with van der Waals surface area (Å²) in [6.07, 6.45) is 12.4. The van der Waals surface area contributed by atoms with E-state index in [2.05, 4.69) is 61.0 Å². The summed E-state index contributed by atoms with van der Waals surface area (Å²) in [5.41, 5.74) is 3.66. The molecule has 0 bridgehead atoms. The molecule has 22 heavy (non-hydrogen) atoms. The standard InChI is InChI=1S/C21H27N/c1-4-6-10-19(3)18-22-17-9-8-12-21-15-13-20(14-16-21)11-7-5-2/h4,6,10,13-16,18H,5,7,9,11,17H2,1-3H3/b6-4-,19-10-,22-18+. The fraction of sp³-hybridized carbons (Fsp3) is 0.381. The van der Waals surface area contributed by atoms with Crippen LogP contribution in [-0.2, 0) is 6.42 Å². The van der Waals surface area contributed by atoms with Crippen LogP contribution in [0.1, 0.15) is 51.2 Å². The van der Waals surface area contributed by atoms with E-state index in [9.17, 15) is 0 Å². The Kier molecular flexibility index (Phi) is 9.46. The molecular formula is C21H27N. The van der Waals surface area contributed by atoms with Gasteiger partial charge >= 0.3 is 0 Å². The molecule has 1 aromatic carbocycles. The average molecular weight is 293 g/mol. The molecule has 0 amide bonds. The van der Waals surface area contributed by atoms with Gasteiger partial charge in [-0.15, -0.1) is 0 Å². The van der Waals surface area contributed by atoms with Gasteiger partial charge in [0.25, 0.3) is 0 Å². The highest BCUT2D eigenvalue weighted by Gasteiger charge is 1.92. The average Bonchev–Trinajstić information content (AvgIpc) is 2.55. The number of aryl methyl sites for hydroxylation is 1. The van der Waals surface area contributed by atoms with E-state index in [1.807, 2.05) is 25.3 Å². The maximum Gasteiger partial charge on any atom is 0.0499 e. The van der Waals surface area contributed by atoms with E-state index in [1.54, 1.807) is 0 Å². The molecule has 0 heterocycles. The van der Waals surface area contributed by atoms with E-state index in [-0.39, 0.29) is 0 Å². The molecule has 0 N–H and O–H groups in total. The lowest BCUT2D eigenvalue weighted by Crippen LogP contribution is -1.85. The molecule has 1 aromatic rings. The van der Waals surface area contributed by atoms with Crippen LogP contribution in [-0.4, -0.2) is 12.8 Å². The lowest BCUT2D eigenvalue weighted by molar-refractivity contribution is 0.795. The summed E-state index contributed by atoms with van der Waals surface area (Å²) in [5, 5.41) is 0. The number of unbranched alkanes of at least 4 members (excludes halogenated alkanes) is 1. The minimum absolute atomic E-state index is 0.753. The summed E-state index contributed by atoms with van der Waals surface area (Å²) in [6, 6.07) is 8.61. The normalized spacial score (nSPS) is 11.9. The van der Waals surface area contributed by atoms with E-state index in [4.69, 9.17) is 0 Å². The summed E-state index contributed by atoms with van der Waals surface area (Å²) in [4.78, 5) is 4.37. The van der Waals surface area contributed by atoms with Crippen LogP contribution in [0.15, 0.2) is 53.1 Å². The molecule has 0 spiro atoms. The van der Waals surface area contributed by atoms with Crippen LogP contribution >= 0.6 is 0 Å². The zero-order chi connectivity index (χ0) is 16.0. The van der Waals surface area contributed by atoms with Gasteiger partial charge in [-0.05, 0) is 50.0 Å². The van der Waals surface area contributed by atoms with Crippen LogP contribution in [0.25, 0.3) is 0 Å². The highest BCUT2D eigenvalue weighted by atomic mass is 14.7. The van der Waals surface area contributed by atoms with Crippen LogP contribution in [0.5, 0.6) is 0 Å². The van der Waals surface area contributed by atoms with Gasteiger partial charge in [-0.3, -0.25) is 4.99 Å². The van der Waals surface area contributed by atoms with Crippen molar-refractivity contribution in [3.63, 3.8) is 0 Å². The number of benzene rings is 1. The lowest BCUT2D eigenvalue weighted by atomic mass is 10.1. The van der Waals surface area contributed by atoms with Crippen molar-refractivity contribution in [3.8, 4) is 11.8 Å². The molecule has 1 rings (SSSR count). The second-order valence-electron chi connectivity index (χ2n) is 5.32. The van der Waals surface area contributed by atoms with E-state index >= 15 is 0 Å². The van der Waals surface area contributed by atoms with Gasteiger partial charge in [0.05, 0.1) is 0 Å². The largest absolute Gasteiger partial charge is 0.292 e. The third kappa shape index (κ3) is 8.27. The van der Waals surface area contributed by atoms with Crippen molar-refractivity contribution in [2.45, 2.75) is 46.5 Å². The van der Waals surface area contributed by atoms with Crippen molar-refractivity contribution in [3.05, 3.63) is 59.2 Å². The Bertz CT molecular complexity index is 562. The Balaban J connectivity index is 2.36. The molecule has 0 radical (unpaired) electrons. The van der Waals surface area contributed by atoms with Crippen molar-refractivity contribution in [1.82, 2.24) is 0 Å². The predicted octanol–water partition coefficient (Wildman–Crippen LogP) is 5.36. The summed E-state index contributed by atoms with van der Waals surface area (Å²) < 4.78 is 0. The SMILES string of the molecule is C\C=C/C=C(C)\C=N\CCC#Cc1ccc(CCCC)cc1. The van der Waals surface area contributed by atoms with Crippen molar-refractivity contribution in [2.75, 3.05) is 6.54 Å². The number of rotatable bonds is 7. The molecule has 0 atom stereocenters. The quantitative estimate of drug-likeness (QED) is 0.277. The molecule has 0 saturated carbocycles. The molecule has 0 saturated heterocycles. The molecule has 0 aliphatic carbocycles. The topological polar surface area (TPSA) is 12.4 Å². The smallest absolute Gasteiger partial charge is 0.0499 e. The molecule has 1 heteroatoms. The van der Waals surface area contributed by atoms with Crippen molar-refractivity contribution >= 4 is 6.21 Å². The minimum Gasteiger partial charge on any atom is -0.292 e. The maximum absolute atomic E-state index is 4.37. The highest BCUT2D eigenvalue weighted by molar-refractivity contribution is 5.78. The molecule has 0 aliphatic heterocycles. The Hall–Kier alpha value is -2.07. The molecule has 0 aromatic heterocycles. The fourth-order valence-corrected chi connectivity index (χ4v) is 1.92. The van der Waals surface area contributed by atoms with Crippen molar-refractivity contribution < 1.29 is 0 Å². The first-order valence-corrected chi connectivity index (χ1v) is 8.13. The number of nitrogens with zero attached hydrogens (tertiary/aromatic N) is 1. The second kappa shape index (κ2) is 11.6. The molecular weight excluding hydrogens is 266 g/mol. The molecule has 0 fully saturated rings. The maximum atomic E-state index is 4.37. The van der Waals surface area contributed by atoms with Gasteiger partial charge in [0.15, 0.2) is 0 Å². The van der Waals surface area contributed by atoms with Crippen LogP contribution in [0.2, 0.25) is 0 Å². The summed E-state index contributed by atoms with van der Waals surface area (Å²) in [6.45, 7) is 7.03. The van der Waals surface area contributed by atoms with Gasteiger partial charge in [-0.2, -0.15) is 0 Å². The highest BCUT2D eigenvalue weighted by Crippen LogP contribution is 2.07. The van der Waals surface area contributed by atoms with Crippen molar-refractivity contribution in [1.29, 1.82) is 0 Å². The van der Waals surface area contributed by atoms with Gasteiger partial charge in [0.1, 0.15) is 0 Å². The van der Waals surface area contributed by atoms with Crippen LogP contribution < -0.4 is 0 Å². The number of hydrogen-bond donors (Lipinski definition) is 0. The summed E-state index contributed by atoms with van der Waals surface area (Å²) >= 11 is 0. The first-order chi connectivity index (χ1) is 10.8.